The van der Waals surface area contributed by atoms with Crippen LogP contribution in [0.15, 0.2) is 0 Å². The number of rotatable bonds is 3. The number of hydrogen-bond donors (Lipinski definition) is 1. The largest absolute Gasteiger partial charge is 0.393 e. The lowest BCUT2D eigenvalue weighted by atomic mass is 9.69. The van der Waals surface area contributed by atoms with Crippen LogP contribution >= 0.6 is 0 Å². The lowest BCUT2D eigenvalue weighted by Crippen LogP contribution is -2.59. The van der Waals surface area contributed by atoms with Crippen molar-refractivity contribution < 1.29 is 9.50 Å². The predicted octanol–water partition coefficient (Wildman–Crippen LogP) is 2.11. The van der Waals surface area contributed by atoms with Crippen molar-refractivity contribution in [2.75, 3.05) is 13.1 Å². The topological polar surface area (TPSA) is 23.5 Å². The molecule has 0 radical (unpaired) electrons. The lowest BCUT2D eigenvalue weighted by Gasteiger charge is -2.54. The van der Waals surface area contributed by atoms with Crippen LogP contribution in [0.2, 0.25) is 0 Å². The first-order valence-electron chi connectivity index (χ1n) is 6.20. The molecule has 0 aromatic heterocycles. The van der Waals surface area contributed by atoms with E-state index in [1.54, 1.807) is 6.92 Å². The molecule has 0 unspecified atom stereocenters. The van der Waals surface area contributed by atoms with Crippen molar-refractivity contribution in [3.05, 3.63) is 0 Å². The molecule has 0 aromatic rings. The van der Waals surface area contributed by atoms with Crippen LogP contribution in [0.3, 0.4) is 0 Å². The monoisotopic (exact) mass is 215 g/mol. The fourth-order valence-electron chi connectivity index (χ4n) is 3.00. The van der Waals surface area contributed by atoms with Gasteiger partial charge in [-0.25, -0.2) is 4.39 Å². The van der Waals surface area contributed by atoms with E-state index in [4.69, 9.17) is 0 Å². The molecule has 2 fully saturated rings. The smallest absolute Gasteiger partial charge is 0.0985 e. The molecule has 1 spiro atoms. The maximum absolute atomic E-state index is 12.8. The van der Waals surface area contributed by atoms with E-state index >= 15 is 0 Å². The summed E-state index contributed by atoms with van der Waals surface area (Å²) in [6, 6.07) is 0. The van der Waals surface area contributed by atoms with E-state index in [-0.39, 0.29) is 11.6 Å². The minimum Gasteiger partial charge on any atom is -0.393 e. The van der Waals surface area contributed by atoms with Gasteiger partial charge in [0.05, 0.1) is 12.3 Å². The second-order valence-corrected chi connectivity index (χ2v) is 5.28. The molecule has 15 heavy (non-hydrogen) atoms. The second kappa shape index (κ2) is 4.38. The van der Waals surface area contributed by atoms with Crippen molar-refractivity contribution in [3.63, 3.8) is 0 Å². The number of nitrogens with zero attached hydrogens (tertiary/aromatic N) is 1. The van der Waals surface area contributed by atoms with E-state index in [0.717, 1.165) is 25.9 Å². The van der Waals surface area contributed by atoms with E-state index in [0.29, 0.717) is 6.42 Å². The summed E-state index contributed by atoms with van der Waals surface area (Å²) in [4.78, 5) is 2.43. The Morgan fingerprint density at radius 2 is 2.27 bits per heavy atom. The maximum Gasteiger partial charge on any atom is 0.0985 e. The predicted molar refractivity (Wildman–Crippen MR) is 58.6 cm³/mol. The molecule has 3 heteroatoms. The molecule has 2 nitrogen and oxygen atoms in total. The first-order chi connectivity index (χ1) is 7.12. The Morgan fingerprint density at radius 1 is 1.53 bits per heavy atom. The Morgan fingerprint density at radius 3 is 2.80 bits per heavy atom. The number of likely N-dealkylation sites (tertiary alicyclic amines) is 1. The summed E-state index contributed by atoms with van der Waals surface area (Å²) in [5, 5.41) is 9.70. The summed E-state index contributed by atoms with van der Waals surface area (Å²) in [6.07, 6.45) is 5.26. The van der Waals surface area contributed by atoms with Crippen LogP contribution in [-0.2, 0) is 0 Å². The summed E-state index contributed by atoms with van der Waals surface area (Å²) < 4.78 is 12.8. The number of aliphatic hydroxyl groups excluding tert-OH is 1. The zero-order valence-corrected chi connectivity index (χ0v) is 9.58. The molecule has 0 amide bonds. The maximum atomic E-state index is 12.8. The minimum atomic E-state index is -0.700. The molecule has 1 saturated carbocycles. The van der Waals surface area contributed by atoms with Crippen molar-refractivity contribution >= 4 is 0 Å². The standard InChI is InChI=1S/C12H22FNO/c1-10(13)3-7-14-8-4-11(15)9-12(14)5-2-6-12/h10-11,15H,2-9H2,1H3/t10-,11+/m1/s1. The van der Waals surface area contributed by atoms with Gasteiger partial charge in [0, 0.05) is 18.6 Å². The van der Waals surface area contributed by atoms with Crippen molar-refractivity contribution in [2.24, 2.45) is 0 Å². The SMILES string of the molecule is C[C@@H](F)CCN1CC[C@H](O)CC12CCC2. The zero-order chi connectivity index (χ0) is 10.9. The van der Waals surface area contributed by atoms with Crippen LogP contribution in [0.4, 0.5) is 4.39 Å². The third-order valence-electron chi connectivity index (χ3n) is 4.10. The quantitative estimate of drug-likeness (QED) is 0.779. The van der Waals surface area contributed by atoms with Crippen molar-refractivity contribution in [3.8, 4) is 0 Å². The van der Waals surface area contributed by atoms with Crippen LogP contribution in [0.25, 0.3) is 0 Å². The van der Waals surface area contributed by atoms with E-state index in [1.165, 1.54) is 19.3 Å². The molecule has 1 heterocycles. The summed E-state index contributed by atoms with van der Waals surface area (Å²) >= 11 is 0. The number of halogens is 1. The van der Waals surface area contributed by atoms with Gasteiger partial charge in [-0.05, 0) is 45.4 Å². The van der Waals surface area contributed by atoms with Crippen molar-refractivity contribution in [2.45, 2.75) is 63.3 Å². The molecule has 0 bridgehead atoms. The Balaban J connectivity index is 1.91. The van der Waals surface area contributed by atoms with Crippen LogP contribution in [0.1, 0.15) is 45.4 Å². The lowest BCUT2D eigenvalue weighted by molar-refractivity contribution is -0.0674. The Bertz CT molecular complexity index is 216. The summed E-state index contributed by atoms with van der Waals surface area (Å²) in [5.41, 5.74) is 0.243. The zero-order valence-electron chi connectivity index (χ0n) is 9.58. The van der Waals surface area contributed by atoms with Gasteiger partial charge in [-0.15, -0.1) is 0 Å². The summed E-state index contributed by atoms with van der Waals surface area (Å²) in [6.45, 7) is 3.45. The molecule has 1 N–H and O–H groups in total. The Hall–Kier alpha value is -0.150. The first kappa shape index (κ1) is 11.3. The molecule has 1 aliphatic carbocycles. The van der Waals surface area contributed by atoms with E-state index in [9.17, 15) is 9.50 Å². The summed E-state index contributed by atoms with van der Waals surface area (Å²) in [7, 11) is 0. The van der Waals surface area contributed by atoms with Gasteiger partial charge in [0.1, 0.15) is 0 Å². The van der Waals surface area contributed by atoms with Crippen LogP contribution < -0.4 is 0 Å². The fourth-order valence-corrected chi connectivity index (χ4v) is 3.00. The number of aliphatic hydroxyl groups is 1. The molecular formula is C12H22FNO. The highest BCUT2D eigenvalue weighted by molar-refractivity contribution is 5.02. The van der Waals surface area contributed by atoms with Gasteiger partial charge >= 0.3 is 0 Å². The average Bonchev–Trinajstić information content (AvgIpc) is 2.13. The van der Waals surface area contributed by atoms with Crippen LogP contribution in [-0.4, -0.2) is 40.9 Å². The van der Waals surface area contributed by atoms with Crippen molar-refractivity contribution in [1.82, 2.24) is 4.90 Å². The van der Waals surface area contributed by atoms with Gasteiger partial charge in [0.2, 0.25) is 0 Å². The second-order valence-electron chi connectivity index (χ2n) is 5.28. The Labute approximate surface area is 91.5 Å². The van der Waals surface area contributed by atoms with Crippen molar-refractivity contribution in [1.29, 1.82) is 0 Å². The van der Waals surface area contributed by atoms with Gasteiger partial charge in [0.25, 0.3) is 0 Å². The molecular weight excluding hydrogens is 193 g/mol. The number of alkyl halides is 1. The van der Waals surface area contributed by atoms with Gasteiger partial charge in [-0.3, -0.25) is 4.90 Å². The fraction of sp³-hybridized carbons (Fsp3) is 1.00. The minimum absolute atomic E-state index is 0.121. The molecule has 2 rings (SSSR count). The average molecular weight is 215 g/mol. The molecule has 88 valence electrons. The van der Waals surface area contributed by atoms with E-state index in [1.807, 2.05) is 0 Å². The van der Waals surface area contributed by atoms with Gasteiger partial charge < -0.3 is 5.11 Å². The molecule has 2 atom stereocenters. The first-order valence-corrected chi connectivity index (χ1v) is 6.20. The number of hydrogen-bond acceptors (Lipinski definition) is 2. The number of piperidine rings is 1. The highest BCUT2D eigenvalue weighted by atomic mass is 19.1. The normalized spacial score (nSPS) is 32.6. The van der Waals surface area contributed by atoms with E-state index < -0.39 is 6.17 Å². The highest BCUT2D eigenvalue weighted by Crippen LogP contribution is 2.44. The molecule has 2 aliphatic rings. The van der Waals surface area contributed by atoms with Gasteiger partial charge in [-0.2, -0.15) is 0 Å². The van der Waals surface area contributed by atoms with Crippen LogP contribution in [0.5, 0.6) is 0 Å². The van der Waals surface area contributed by atoms with Crippen LogP contribution in [0, 0.1) is 0 Å². The summed E-state index contributed by atoms with van der Waals surface area (Å²) in [5.74, 6) is 0. The van der Waals surface area contributed by atoms with Gasteiger partial charge in [0.15, 0.2) is 0 Å². The molecule has 1 aliphatic heterocycles. The third kappa shape index (κ3) is 2.34. The van der Waals surface area contributed by atoms with E-state index in [2.05, 4.69) is 4.90 Å². The molecule has 1 saturated heterocycles. The third-order valence-corrected chi connectivity index (χ3v) is 4.10. The Kier molecular flexibility index (Phi) is 3.31. The molecule has 0 aromatic carbocycles. The highest BCUT2D eigenvalue weighted by Gasteiger charge is 2.45. The van der Waals surface area contributed by atoms with Gasteiger partial charge in [-0.1, -0.05) is 0 Å².